The van der Waals surface area contributed by atoms with Crippen molar-refractivity contribution in [3.8, 4) is 11.4 Å². The third-order valence-corrected chi connectivity index (χ3v) is 9.57. The zero-order chi connectivity index (χ0) is 42.5. The zero-order valence-corrected chi connectivity index (χ0v) is 36.6. The number of rotatable bonds is 2. The molecule has 0 saturated heterocycles. The van der Waals surface area contributed by atoms with Crippen LogP contribution < -0.4 is 10.9 Å². The molecule has 2 heterocycles. The number of aromatic nitrogens is 2. The SMILES string of the molecule is CC.CC.CC.CC.Cc1ccc2c(=O)c3ccc(C)cc3n(-c3ccccc3)c2c1.Cc1ccc2c(c1)c(=O)c1cc(C)ccc1n2-c1cccc2ccccc12. The van der Waals surface area contributed by atoms with Crippen LogP contribution in [0.15, 0.2) is 155 Å². The summed E-state index contributed by atoms with van der Waals surface area (Å²) in [6.07, 6.45) is 0. The van der Waals surface area contributed by atoms with Crippen molar-refractivity contribution in [1.82, 2.24) is 9.13 Å². The van der Waals surface area contributed by atoms with Crippen LogP contribution in [0.25, 0.3) is 65.8 Å². The number of hydrogen-bond donors (Lipinski definition) is 0. The number of pyridine rings is 2. The van der Waals surface area contributed by atoms with Crippen molar-refractivity contribution in [2.75, 3.05) is 0 Å². The van der Waals surface area contributed by atoms with Crippen LogP contribution in [-0.4, -0.2) is 9.13 Å². The molecule has 0 N–H and O–H groups in total. The molecule has 4 nitrogen and oxygen atoms in total. The van der Waals surface area contributed by atoms with Crippen molar-refractivity contribution in [3.63, 3.8) is 0 Å². The number of aryl methyl sites for hydroxylation is 4. The van der Waals surface area contributed by atoms with E-state index in [9.17, 15) is 9.59 Å². The lowest BCUT2D eigenvalue weighted by Gasteiger charge is -2.18. The van der Waals surface area contributed by atoms with Gasteiger partial charge >= 0.3 is 0 Å². The van der Waals surface area contributed by atoms with Gasteiger partial charge in [-0.15, -0.1) is 0 Å². The Bertz CT molecular complexity index is 2760. The van der Waals surface area contributed by atoms with Gasteiger partial charge in [0.05, 0.1) is 27.8 Å². The molecule has 9 rings (SSSR count). The molecule has 0 unspecified atom stereocenters. The molecular formula is C54H60N2O2. The average molecular weight is 769 g/mol. The Labute approximate surface area is 345 Å². The Balaban J connectivity index is 0.000000221. The second-order valence-corrected chi connectivity index (χ2v) is 13.2. The molecule has 298 valence electrons. The fraction of sp³-hybridized carbons (Fsp3) is 0.222. The van der Waals surface area contributed by atoms with Gasteiger partial charge in [0.2, 0.25) is 0 Å². The van der Waals surface area contributed by atoms with E-state index in [1.807, 2.05) is 124 Å². The smallest absolute Gasteiger partial charge is 0.197 e. The fourth-order valence-corrected chi connectivity index (χ4v) is 7.16. The lowest BCUT2D eigenvalue weighted by molar-refractivity contribution is 1.15. The number of nitrogens with zero attached hydrogens (tertiary/aromatic N) is 2. The van der Waals surface area contributed by atoms with E-state index in [2.05, 4.69) is 114 Å². The molecule has 0 bridgehead atoms. The van der Waals surface area contributed by atoms with E-state index in [4.69, 9.17) is 0 Å². The second-order valence-electron chi connectivity index (χ2n) is 13.2. The maximum absolute atomic E-state index is 13.2. The van der Waals surface area contributed by atoms with E-state index in [0.717, 1.165) is 77.2 Å². The Hall–Kier alpha value is -6.26. The Kier molecular flexibility index (Phi) is 15.9. The summed E-state index contributed by atoms with van der Waals surface area (Å²) in [4.78, 5) is 26.1. The van der Waals surface area contributed by atoms with Gasteiger partial charge in [0, 0.05) is 32.6 Å². The van der Waals surface area contributed by atoms with Gasteiger partial charge in [0.25, 0.3) is 0 Å². The van der Waals surface area contributed by atoms with Crippen LogP contribution >= 0.6 is 0 Å². The average Bonchev–Trinajstić information content (AvgIpc) is 3.27. The van der Waals surface area contributed by atoms with Gasteiger partial charge in [-0.05, 0) is 111 Å². The van der Waals surface area contributed by atoms with E-state index < -0.39 is 0 Å². The maximum atomic E-state index is 13.2. The highest BCUT2D eigenvalue weighted by Crippen LogP contribution is 2.30. The van der Waals surface area contributed by atoms with Gasteiger partial charge in [-0.1, -0.05) is 145 Å². The number of para-hydroxylation sites is 1. The second kappa shape index (κ2) is 20.8. The molecule has 0 amide bonds. The molecule has 7 aromatic carbocycles. The van der Waals surface area contributed by atoms with Gasteiger partial charge in [0.15, 0.2) is 10.9 Å². The van der Waals surface area contributed by atoms with Crippen LogP contribution in [0.1, 0.15) is 77.6 Å². The van der Waals surface area contributed by atoms with Crippen LogP contribution in [-0.2, 0) is 0 Å². The molecule has 0 aliphatic heterocycles. The van der Waals surface area contributed by atoms with Crippen LogP contribution in [0.4, 0.5) is 0 Å². The molecule has 0 saturated carbocycles. The summed E-state index contributed by atoms with van der Waals surface area (Å²) >= 11 is 0. The minimum absolute atomic E-state index is 0.0992. The van der Waals surface area contributed by atoms with E-state index in [0.29, 0.717) is 0 Å². The summed E-state index contributed by atoms with van der Waals surface area (Å²) < 4.78 is 4.42. The summed E-state index contributed by atoms with van der Waals surface area (Å²) in [5.74, 6) is 0. The topological polar surface area (TPSA) is 44.0 Å². The first kappa shape index (κ1) is 44.5. The van der Waals surface area contributed by atoms with Gasteiger partial charge in [-0.2, -0.15) is 0 Å². The lowest BCUT2D eigenvalue weighted by Crippen LogP contribution is -2.11. The van der Waals surface area contributed by atoms with Crippen LogP contribution in [0.2, 0.25) is 0 Å². The minimum atomic E-state index is 0.0992. The van der Waals surface area contributed by atoms with Crippen molar-refractivity contribution in [2.24, 2.45) is 0 Å². The number of fused-ring (bicyclic) bond motifs is 5. The predicted octanol–water partition coefficient (Wildman–Crippen LogP) is 14.8. The van der Waals surface area contributed by atoms with Gasteiger partial charge in [-0.3, -0.25) is 9.59 Å². The largest absolute Gasteiger partial charge is 0.309 e. The molecule has 0 atom stereocenters. The van der Waals surface area contributed by atoms with Crippen LogP contribution in [0.3, 0.4) is 0 Å². The first-order chi connectivity index (χ1) is 28.3. The standard InChI is InChI=1S/C25H19NO.C21H17NO.4C2H6/c1-16-10-12-23-20(14-16)25(27)21-15-17(2)11-13-24(21)26(23)22-9-5-7-18-6-3-4-8-19(18)22;1-14-8-10-17-19(12-14)22(16-6-4-3-5-7-16)20-13-15(2)9-11-18(20)21(17)23;4*1-2/h3-15H,1-2H3;3-13H,1-2H3;4*1-2H3. The lowest BCUT2D eigenvalue weighted by atomic mass is 10.0. The Morgan fingerprint density at radius 1 is 0.328 bits per heavy atom. The quantitative estimate of drug-likeness (QED) is 0.164. The monoisotopic (exact) mass is 768 g/mol. The molecule has 58 heavy (non-hydrogen) atoms. The molecule has 4 heteroatoms. The predicted molar refractivity (Wildman–Crippen MR) is 256 cm³/mol. The summed E-state index contributed by atoms with van der Waals surface area (Å²) in [5, 5.41) is 5.41. The van der Waals surface area contributed by atoms with Gasteiger partial charge in [-0.25, -0.2) is 0 Å². The first-order valence-corrected chi connectivity index (χ1v) is 20.9. The molecule has 2 aromatic heterocycles. The number of hydrogen-bond acceptors (Lipinski definition) is 2. The molecule has 0 radical (unpaired) electrons. The summed E-state index contributed by atoms with van der Waals surface area (Å²) in [6.45, 7) is 24.2. The molecule has 0 fully saturated rings. The van der Waals surface area contributed by atoms with E-state index in [-0.39, 0.29) is 10.9 Å². The van der Waals surface area contributed by atoms with E-state index >= 15 is 0 Å². The van der Waals surface area contributed by atoms with E-state index in [1.54, 1.807) is 0 Å². The molecule has 0 spiro atoms. The van der Waals surface area contributed by atoms with E-state index in [1.165, 1.54) is 10.8 Å². The van der Waals surface area contributed by atoms with Gasteiger partial charge < -0.3 is 9.13 Å². The summed E-state index contributed by atoms with van der Waals surface area (Å²) in [7, 11) is 0. The highest BCUT2D eigenvalue weighted by molar-refractivity contribution is 6.00. The van der Waals surface area contributed by atoms with Gasteiger partial charge in [0.1, 0.15) is 0 Å². The highest BCUT2D eigenvalue weighted by atomic mass is 16.1. The third kappa shape index (κ3) is 8.98. The number of benzene rings is 7. The third-order valence-electron chi connectivity index (χ3n) is 9.57. The van der Waals surface area contributed by atoms with Crippen molar-refractivity contribution in [3.05, 3.63) is 188 Å². The zero-order valence-electron chi connectivity index (χ0n) is 36.6. The summed E-state index contributed by atoms with van der Waals surface area (Å²) in [5.41, 5.74) is 10.6. The van der Waals surface area contributed by atoms with Crippen molar-refractivity contribution in [1.29, 1.82) is 0 Å². The molecule has 0 aliphatic carbocycles. The van der Waals surface area contributed by atoms with Crippen LogP contribution in [0, 0.1) is 27.7 Å². The molecule has 0 aliphatic rings. The van der Waals surface area contributed by atoms with Crippen molar-refractivity contribution in [2.45, 2.75) is 83.1 Å². The Morgan fingerprint density at radius 2 is 0.741 bits per heavy atom. The fourth-order valence-electron chi connectivity index (χ4n) is 7.16. The Morgan fingerprint density at radius 3 is 1.26 bits per heavy atom. The van der Waals surface area contributed by atoms with Crippen LogP contribution in [0.5, 0.6) is 0 Å². The van der Waals surface area contributed by atoms with Crippen molar-refractivity contribution >= 4 is 54.4 Å². The molecule has 9 aromatic rings. The van der Waals surface area contributed by atoms with Crippen molar-refractivity contribution < 1.29 is 0 Å². The maximum Gasteiger partial charge on any atom is 0.197 e. The molecular weight excluding hydrogens is 709 g/mol. The normalized spacial score (nSPS) is 10.2. The highest BCUT2D eigenvalue weighted by Gasteiger charge is 2.15. The first-order valence-electron chi connectivity index (χ1n) is 20.9. The summed E-state index contributed by atoms with van der Waals surface area (Å²) in [6, 6.07) is 49.3. The minimum Gasteiger partial charge on any atom is -0.309 e.